The van der Waals surface area contributed by atoms with Gasteiger partial charge in [-0.2, -0.15) is 10.1 Å². The van der Waals surface area contributed by atoms with Gasteiger partial charge in [-0.3, -0.25) is 9.69 Å². The van der Waals surface area contributed by atoms with Crippen LogP contribution in [-0.2, 0) is 24.3 Å². The Morgan fingerprint density at radius 1 is 1.33 bits per heavy atom. The summed E-state index contributed by atoms with van der Waals surface area (Å²) in [7, 11) is 0. The molecular formula is C18H26N6O3. The third-order valence-corrected chi connectivity index (χ3v) is 5.27. The molecule has 0 saturated carbocycles. The molecule has 4 heterocycles. The van der Waals surface area contributed by atoms with Gasteiger partial charge in [0.15, 0.2) is 5.82 Å². The lowest BCUT2D eigenvalue weighted by molar-refractivity contribution is 0.107. The maximum atomic E-state index is 12.3. The van der Waals surface area contributed by atoms with E-state index in [-0.39, 0.29) is 5.56 Å². The third kappa shape index (κ3) is 4.36. The van der Waals surface area contributed by atoms with Crippen LogP contribution in [0.2, 0.25) is 0 Å². The highest BCUT2D eigenvalue weighted by Gasteiger charge is 2.23. The average Bonchev–Trinajstić information content (AvgIpc) is 3.10. The number of nitrogens with one attached hydrogen (secondary N) is 1. The molecule has 0 aromatic carbocycles. The molecule has 27 heavy (non-hydrogen) atoms. The Kier molecular flexibility index (Phi) is 5.49. The standard InChI is InChI=1S/C18H26N6O3/c1-13-20-18(27-22-13)19-11-15-4-2-3-6-23(15)7-8-24-17(25)10-14-12-26-9-5-16(14)21-24/h10,15H,2-9,11-12H2,1H3,(H,19,20,22). The van der Waals surface area contributed by atoms with Crippen LogP contribution in [0.25, 0.3) is 0 Å². The maximum Gasteiger partial charge on any atom is 0.321 e. The summed E-state index contributed by atoms with van der Waals surface area (Å²) in [5.74, 6) is 0.626. The molecule has 0 spiro atoms. The minimum Gasteiger partial charge on any atom is -0.376 e. The Bertz CT molecular complexity index is 833. The van der Waals surface area contributed by atoms with Gasteiger partial charge < -0.3 is 14.6 Å². The number of aromatic nitrogens is 4. The molecule has 2 aliphatic rings. The molecule has 1 unspecified atom stereocenters. The zero-order valence-electron chi connectivity index (χ0n) is 15.7. The smallest absolute Gasteiger partial charge is 0.321 e. The fourth-order valence-electron chi connectivity index (χ4n) is 3.80. The van der Waals surface area contributed by atoms with Gasteiger partial charge in [0.25, 0.3) is 5.56 Å². The van der Waals surface area contributed by atoms with Crippen molar-refractivity contribution >= 4 is 6.01 Å². The lowest BCUT2D eigenvalue weighted by Crippen LogP contribution is -2.45. The number of hydrogen-bond acceptors (Lipinski definition) is 8. The maximum absolute atomic E-state index is 12.3. The number of rotatable bonds is 6. The summed E-state index contributed by atoms with van der Waals surface area (Å²) in [6.45, 7) is 6.16. The Morgan fingerprint density at radius 2 is 2.26 bits per heavy atom. The minimum absolute atomic E-state index is 0.0488. The van der Waals surface area contributed by atoms with Crippen molar-refractivity contribution in [3.63, 3.8) is 0 Å². The van der Waals surface area contributed by atoms with Gasteiger partial charge in [0.05, 0.1) is 25.5 Å². The predicted octanol–water partition coefficient (Wildman–Crippen LogP) is 0.974. The third-order valence-electron chi connectivity index (χ3n) is 5.27. The van der Waals surface area contributed by atoms with Crippen molar-refractivity contribution in [2.24, 2.45) is 0 Å². The number of fused-ring (bicyclic) bond motifs is 1. The molecule has 2 aromatic rings. The fraction of sp³-hybridized carbons (Fsp3) is 0.667. The molecule has 0 aliphatic carbocycles. The lowest BCUT2D eigenvalue weighted by Gasteiger charge is -2.35. The first-order valence-electron chi connectivity index (χ1n) is 9.65. The number of piperidine rings is 1. The van der Waals surface area contributed by atoms with E-state index in [1.807, 2.05) is 0 Å². The van der Waals surface area contributed by atoms with Gasteiger partial charge in [0, 0.05) is 37.2 Å². The van der Waals surface area contributed by atoms with Gasteiger partial charge in [0.1, 0.15) is 0 Å². The van der Waals surface area contributed by atoms with Crippen LogP contribution in [-0.4, -0.2) is 57.1 Å². The predicted molar refractivity (Wildman–Crippen MR) is 98.6 cm³/mol. The first-order chi connectivity index (χ1) is 13.2. The number of anilines is 1. The van der Waals surface area contributed by atoms with Crippen molar-refractivity contribution in [3.8, 4) is 0 Å². The van der Waals surface area contributed by atoms with E-state index in [1.54, 1.807) is 17.7 Å². The molecule has 0 radical (unpaired) electrons. The number of hydrogen-bond donors (Lipinski definition) is 1. The van der Waals surface area contributed by atoms with E-state index in [9.17, 15) is 4.79 Å². The van der Waals surface area contributed by atoms with Crippen molar-refractivity contribution in [1.82, 2.24) is 24.8 Å². The van der Waals surface area contributed by atoms with E-state index in [0.29, 0.717) is 37.6 Å². The summed E-state index contributed by atoms with van der Waals surface area (Å²) in [5.41, 5.74) is 1.87. The second-order valence-electron chi connectivity index (χ2n) is 7.19. The van der Waals surface area contributed by atoms with Crippen molar-refractivity contribution in [1.29, 1.82) is 0 Å². The van der Waals surface area contributed by atoms with E-state index >= 15 is 0 Å². The van der Waals surface area contributed by atoms with Gasteiger partial charge in [-0.1, -0.05) is 11.6 Å². The lowest BCUT2D eigenvalue weighted by atomic mass is 10.0. The average molecular weight is 374 g/mol. The molecule has 1 N–H and O–H groups in total. The zero-order valence-corrected chi connectivity index (χ0v) is 15.7. The molecular weight excluding hydrogens is 348 g/mol. The summed E-state index contributed by atoms with van der Waals surface area (Å²) in [6, 6.07) is 2.52. The van der Waals surface area contributed by atoms with Crippen molar-refractivity contribution in [3.05, 3.63) is 33.5 Å². The highest BCUT2D eigenvalue weighted by molar-refractivity contribution is 5.19. The van der Waals surface area contributed by atoms with Gasteiger partial charge in [0.2, 0.25) is 0 Å². The Balaban J connectivity index is 1.37. The molecule has 1 fully saturated rings. The molecule has 1 saturated heterocycles. The summed E-state index contributed by atoms with van der Waals surface area (Å²) >= 11 is 0. The molecule has 0 amide bonds. The van der Waals surface area contributed by atoms with E-state index in [2.05, 4.69) is 25.5 Å². The van der Waals surface area contributed by atoms with Crippen LogP contribution in [0.15, 0.2) is 15.4 Å². The van der Waals surface area contributed by atoms with Crippen LogP contribution in [0.1, 0.15) is 36.3 Å². The zero-order chi connectivity index (χ0) is 18.6. The van der Waals surface area contributed by atoms with E-state index in [4.69, 9.17) is 9.26 Å². The normalized spacial score (nSPS) is 20.4. The van der Waals surface area contributed by atoms with E-state index in [0.717, 1.165) is 43.7 Å². The molecule has 1 atom stereocenters. The van der Waals surface area contributed by atoms with Gasteiger partial charge in [-0.25, -0.2) is 4.68 Å². The van der Waals surface area contributed by atoms with Crippen LogP contribution >= 0.6 is 0 Å². The molecule has 146 valence electrons. The molecule has 2 aliphatic heterocycles. The second kappa shape index (κ2) is 8.18. The molecule has 0 bridgehead atoms. The van der Waals surface area contributed by atoms with Crippen LogP contribution in [0, 0.1) is 6.92 Å². The van der Waals surface area contributed by atoms with Crippen LogP contribution in [0.5, 0.6) is 0 Å². The van der Waals surface area contributed by atoms with E-state index in [1.165, 1.54) is 12.8 Å². The Morgan fingerprint density at radius 3 is 3.11 bits per heavy atom. The number of likely N-dealkylation sites (tertiary alicyclic amines) is 1. The molecule has 9 nitrogen and oxygen atoms in total. The van der Waals surface area contributed by atoms with Gasteiger partial charge in [-0.15, -0.1) is 0 Å². The van der Waals surface area contributed by atoms with Gasteiger partial charge in [-0.05, 0) is 26.3 Å². The minimum atomic E-state index is -0.0488. The SMILES string of the molecule is Cc1noc(NCC2CCCCN2CCn2nc3c(cc2=O)COCC3)n1. The van der Waals surface area contributed by atoms with Crippen molar-refractivity contribution in [2.45, 2.75) is 51.8 Å². The summed E-state index contributed by atoms with van der Waals surface area (Å²) in [5, 5.41) is 11.6. The summed E-state index contributed by atoms with van der Waals surface area (Å²) < 4.78 is 12.1. The monoisotopic (exact) mass is 374 g/mol. The number of nitrogens with zero attached hydrogens (tertiary/aromatic N) is 5. The van der Waals surface area contributed by atoms with Crippen molar-refractivity contribution in [2.75, 3.05) is 31.6 Å². The van der Waals surface area contributed by atoms with Crippen LogP contribution in [0.3, 0.4) is 0 Å². The highest BCUT2D eigenvalue weighted by Crippen LogP contribution is 2.18. The van der Waals surface area contributed by atoms with Crippen LogP contribution in [0.4, 0.5) is 6.01 Å². The first kappa shape index (κ1) is 18.1. The topological polar surface area (TPSA) is 98.3 Å². The Labute approximate surface area is 157 Å². The van der Waals surface area contributed by atoms with E-state index < -0.39 is 0 Å². The quantitative estimate of drug-likeness (QED) is 0.799. The number of ether oxygens (including phenoxy) is 1. The number of aryl methyl sites for hydroxylation is 1. The summed E-state index contributed by atoms with van der Waals surface area (Å²) in [6.07, 6.45) is 4.28. The van der Waals surface area contributed by atoms with Crippen LogP contribution < -0.4 is 10.9 Å². The molecule has 4 rings (SSSR count). The van der Waals surface area contributed by atoms with Gasteiger partial charge >= 0.3 is 6.01 Å². The summed E-state index contributed by atoms with van der Waals surface area (Å²) in [4.78, 5) is 19.0. The van der Waals surface area contributed by atoms with Crippen molar-refractivity contribution < 1.29 is 9.26 Å². The highest BCUT2D eigenvalue weighted by atomic mass is 16.5. The largest absolute Gasteiger partial charge is 0.376 e. The molecule has 2 aromatic heterocycles. The second-order valence-corrected chi connectivity index (χ2v) is 7.19. The fourth-order valence-corrected chi connectivity index (χ4v) is 3.80. The first-order valence-corrected chi connectivity index (χ1v) is 9.65. The molecule has 9 heteroatoms. The Hall–Kier alpha value is -2.26.